The first-order valence-corrected chi connectivity index (χ1v) is 7.26. The van der Waals surface area contributed by atoms with Gasteiger partial charge in [-0.1, -0.05) is 0 Å². The van der Waals surface area contributed by atoms with Gasteiger partial charge in [-0.15, -0.1) is 11.3 Å². The van der Waals surface area contributed by atoms with Crippen molar-refractivity contribution in [2.75, 3.05) is 11.1 Å². The van der Waals surface area contributed by atoms with Crippen molar-refractivity contribution >= 4 is 23.2 Å². The number of anilines is 2. The Morgan fingerprint density at radius 3 is 2.81 bits per heavy atom. The van der Waals surface area contributed by atoms with Gasteiger partial charge >= 0.3 is 0 Å². The molecule has 8 heteroatoms. The first kappa shape index (κ1) is 13.5. The molecule has 0 saturated carbocycles. The maximum Gasteiger partial charge on any atom is 0.241 e. The number of rotatable bonds is 4. The van der Waals surface area contributed by atoms with Crippen LogP contribution in [-0.4, -0.2) is 24.5 Å². The van der Waals surface area contributed by atoms with Gasteiger partial charge in [-0.3, -0.25) is 4.57 Å². The zero-order chi connectivity index (χ0) is 14.8. The fourth-order valence-corrected chi connectivity index (χ4v) is 2.77. The Balaban J connectivity index is 1.85. The van der Waals surface area contributed by atoms with Crippen molar-refractivity contribution in [1.82, 2.24) is 24.5 Å². The normalized spacial score (nSPS) is 12.3. The van der Waals surface area contributed by atoms with Crippen LogP contribution in [0, 0.1) is 6.92 Å². The third-order valence-corrected chi connectivity index (χ3v) is 4.09. The summed E-state index contributed by atoms with van der Waals surface area (Å²) < 4.78 is 1.68. The summed E-state index contributed by atoms with van der Waals surface area (Å²) in [6.45, 7) is 4.14. The molecule has 0 radical (unpaired) electrons. The molecule has 3 rings (SSSR count). The Morgan fingerprint density at radius 2 is 2.14 bits per heavy atom. The number of nitrogens with two attached hydrogens (primary N) is 1. The van der Waals surface area contributed by atoms with Crippen LogP contribution in [0.15, 0.2) is 30.9 Å². The highest BCUT2D eigenvalue weighted by Crippen LogP contribution is 2.24. The van der Waals surface area contributed by atoms with Crippen LogP contribution >= 0.6 is 11.3 Å². The average Bonchev–Trinajstić information content (AvgIpc) is 3.08. The minimum absolute atomic E-state index is 0.0983. The van der Waals surface area contributed by atoms with Gasteiger partial charge in [0.15, 0.2) is 0 Å². The van der Waals surface area contributed by atoms with Crippen LogP contribution in [0.3, 0.4) is 0 Å². The molecule has 1 atom stereocenters. The molecule has 7 nitrogen and oxygen atoms in total. The van der Waals surface area contributed by atoms with Crippen LogP contribution in [0.1, 0.15) is 22.7 Å². The van der Waals surface area contributed by atoms with Gasteiger partial charge in [0, 0.05) is 22.1 Å². The van der Waals surface area contributed by atoms with Gasteiger partial charge < -0.3 is 11.1 Å². The van der Waals surface area contributed by atoms with Crippen LogP contribution in [0.25, 0.3) is 5.95 Å². The summed E-state index contributed by atoms with van der Waals surface area (Å²) in [4.78, 5) is 19.1. The van der Waals surface area contributed by atoms with Crippen molar-refractivity contribution < 1.29 is 0 Å². The van der Waals surface area contributed by atoms with Crippen LogP contribution < -0.4 is 11.1 Å². The van der Waals surface area contributed by atoms with Crippen LogP contribution in [0.5, 0.6) is 0 Å². The highest BCUT2D eigenvalue weighted by atomic mass is 32.1. The van der Waals surface area contributed by atoms with Gasteiger partial charge in [0.25, 0.3) is 0 Å². The first-order valence-electron chi connectivity index (χ1n) is 6.44. The van der Waals surface area contributed by atoms with E-state index < -0.39 is 0 Å². The van der Waals surface area contributed by atoms with Gasteiger partial charge in [-0.2, -0.15) is 15.0 Å². The van der Waals surface area contributed by atoms with E-state index in [-0.39, 0.29) is 12.0 Å². The smallest absolute Gasteiger partial charge is 0.241 e. The SMILES string of the molecule is Cc1ccc(C(C)Nc2nc(N)nc(-n3ccnc3)n2)s1. The summed E-state index contributed by atoms with van der Waals surface area (Å²) in [6.07, 6.45) is 5.03. The topological polar surface area (TPSA) is 94.5 Å². The van der Waals surface area contributed by atoms with E-state index in [0.29, 0.717) is 11.9 Å². The van der Waals surface area contributed by atoms with Gasteiger partial charge in [0.1, 0.15) is 6.33 Å². The van der Waals surface area contributed by atoms with E-state index in [1.54, 1.807) is 34.6 Å². The third kappa shape index (κ3) is 3.00. The van der Waals surface area contributed by atoms with E-state index in [2.05, 4.69) is 51.2 Å². The Labute approximate surface area is 125 Å². The molecule has 108 valence electrons. The minimum atomic E-state index is 0.0983. The molecule has 3 N–H and O–H groups in total. The average molecular weight is 301 g/mol. The number of hydrogen-bond acceptors (Lipinski definition) is 7. The van der Waals surface area contributed by atoms with Gasteiger partial charge in [0.2, 0.25) is 17.8 Å². The zero-order valence-electron chi connectivity index (χ0n) is 11.7. The van der Waals surface area contributed by atoms with Crippen molar-refractivity contribution in [2.45, 2.75) is 19.9 Å². The monoisotopic (exact) mass is 301 g/mol. The molecule has 3 aromatic rings. The lowest BCUT2D eigenvalue weighted by atomic mass is 10.3. The molecule has 0 bridgehead atoms. The second-order valence-corrected chi connectivity index (χ2v) is 5.92. The number of aryl methyl sites for hydroxylation is 1. The maximum absolute atomic E-state index is 5.75. The summed E-state index contributed by atoms with van der Waals surface area (Å²) in [5.74, 6) is 1.06. The predicted molar refractivity (Wildman–Crippen MR) is 82.5 cm³/mol. The van der Waals surface area contributed by atoms with E-state index in [1.807, 2.05) is 0 Å². The number of nitrogens with one attached hydrogen (secondary N) is 1. The standard InChI is InChI=1S/C13H15N7S/c1-8-3-4-10(21-8)9(2)16-12-17-11(14)18-13(19-12)20-6-5-15-7-20/h3-7,9H,1-2H3,(H3,14,16,17,18,19). The lowest BCUT2D eigenvalue weighted by Crippen LogP contribution is -2.12. The molecule has 0 fully saturated rings. The molecule has 0 spiro atoms. The summed E-state index contributed by atoms with van der Waals surface area (Å²) in [5, 5.41) is 3.25. The minimum Gasteiger partial charge on any atom is -0.368 e. The van der Waals surface area contributed by atoms with Crippen molar-refractivity contribution in [3.05, 3.63) is 40.6 Å². The lowest BCUT2D eigenvalue weighted by Gasteiger charge is -2.13. The van der Waals surface area contributed by atoms with Gasteiger partial charge in [0.05, 0.1) is 6.04 Å². The van der Waals surface area contributed by atoms with Crippen LogP contribution in [0.2, 0.25) is 0 Å². The highest BCUT2D eigenvalue weighted by Gasteiger charge is 2.11. The molecule has 3 aromatic heterocycles. The Kier molecular flexibility index (Phi) is 3.53. The van der Waals surface area contributed by atoms with Gasteiger partial charge in [-0.05, 0) is 26.0 Å². The highest BCUT2D eigenvalue weighted by molar-refractivity contribution is 7.12. The number of imidazole rings is 1. The maximum atomic E-state index is 5.75. The van der Waals surface area contributed by atoms with E-state index >= 15 is 0 Å². The fourth-order valence-electron chi connectivity index (χ4n) is 1.89. The summed E-state index contributed by atoms with van der Waals surface area (Å²) in [7, 11) is 0. The second-order valence-electron chi connectivity index (χ2n) is 4.60. The van der Waals surface area contributed by atoms with Crippen molar-refractivity contribution in [3.8, 4) is 5.95 Å². The number of thiophene rings is 1. The number of aromatic nitrogens is 5. The molecule has 21 heavy (non-hydrogen) atoms. The lowest BCUT2D eigenvalue weighted by molar-refractivity contribution is 0.849. The Morgan fingerprint density at radius 1 is 1.29 bits per heavy atom. The molecule has 0 saturated heterocycles. The molecule has 0 aromatic carbocycles. The Hall–Kier alpha value is -2.48. The first-order chi connectivity index (χ1) is 10.1. The molecule has 0 amide bonds. The Bertz CT molecular complexity index is 735. The second kappa shape index (κ2) is 5.49. The van der Waals surface area contributed by atoms with Crippen molar-refractivity contribution in [1.29, 1.82) is 0 Å². The molecular formula is C13H15N7S. The molecule has 0 aliphatic heterocycles. The summed E-state index contributed by atoms with van der Waals surface area (Å²) >= 11 is 1.74. The molecule has 0 aliphatic carbocycles. The largest absolute Gasteiger partial charge is 0.368 e. The van der Waals surface area contributed by atoms with Crippen molar-refractivity contribution in [2.24, 2.45) is 0 Å². The fraction of sp³-hybridized carbons (Fsp3) is 0.231. The third-order valence-electron chi connectivity index (χ3n) is 2.91. The van der Waals surface area contributed by atoms with Gasteiger partial charge in [-0.25, -0.2) is 4.98 Å². The molecule has 0 aliphatic rings. The van der Waals surface area contributed by atoms with Crippen LogP contribution in [-0.2, 0) is 0 Å². The van der Waals surface area contributed by atoms with E-state index in [9.17, 15) is 0 Å². The molecule has 3 heterocycles. The number of hydrogen-bond donors (Lipinski definition) is 2. The summed E-state index contributed by atoms with van der Waals surface area (Å²) in [6, 6.07) is 4.29. The zero-order valence-corrected chi connectivity index (χ0v) is 12.5. The van der Waals surface area contributed by atoms with Crippen molar-refractivity contribution in [3.63, 3.8) is 0 Å². The van der Waals surface area contributed by atoms with Crippen LogP contribution in [0.4, 0.5) is 11.9 Å². The molecular weight excluding hydrogens is 286 g/mol. The number of nitrogens with zero attached hydrogens (tertiary/aromatic N) is 5. The molecule has 1 unspecified atom stereocenters. The van der Waals surface area contributed by atoms with E-state index in [1.165, 1.54) is 9.75 Å². The summed E-state index contributed by atoms with van der Waals surface area (Å²) in [5.41, 5.74) is 5.75. The quantitative estimate of drug-likeness (QED) is 0.767. The van der Waals surface area contributed by atoms with E-state index in [0.717, 1.165) is 0 Å². The number of nitrogen functional groups attached to an aromatic ring is 1. The predicted octanol–water partition coefficient (Wildman–Crippen LogP) is 2.18. The van der Waals surface area contributed by atoms with E-state index in [4.69, 9.17) is 5.73 Å².